The number of pyridine rings is 1. The first kappa shape index (κ1) is 13.3. The van der Waals surface area contributed by atoms with E-state index < -0.39 is 6.36 Å². The summed E-state index contributed by atoms with van der Waals surface area (Å²) in [6.07, 6.45) is -3.55. The van der Waals surface area contributed by atoms with E-state index in [9.17, 15) is 13.2 Å². The minimum Gasteiger partial charge on any atom is -0.481 e. The van der Waals surface area contributed by atoms with Gasteiger partial charge in [-0.2, -0.15) is 0 Å². The molecule has 4 nitrogen and oxygen atoms in total. The third kappa shape index (κ3) is 3.11. The van der Waals surface area contributed by atoms with Gasteiger partial charge in [0.05, 0.1) is 16.2 Å². The first-order valence-electron chi connectivity index (χ1n) is 4.06. The number of ether oxygens (including phenoxy) is 2. The molecule has 0 fully saturated rings. The Morgan fingerprint density at radius 3 is 2.56 bits per heavy atom. The molecule has 0 atom stereocenters. The number of rotatable bonds is 3. The highest BCUT2D eigenvalue weighted by molar-refractivity contribution is 14.1. The summed E-state index contributed by atoms with van der Waals surface area (Å²) in [5.41, 5.74) is 5.43. The maximum absolute atomic E-state index is 12.1. The van der Waals surface area contributed by atoms with Gasteiger partial charge in [0, 0.05) is 12.7 Å². The number of methoxy groups -OCH3 is 1. The Kier molecular flexibility index (Phi) is 4.19. The summed E-state index contributed by atoms with van der Waals surface area (Å²) in [7, 11) is 1.30. The van der Waals surface area contributed by atoms with Crippen molar-refractivity contribution < 1.29 is 22.6 Å². The number of nitrogens with two attached hydrogens (primary N) is 1. The monoisotopic (exact) mass is 348 g/mol. The van der Waals surface area contributed by atoms with Gasteiger partial charge in [-0.1, -0.05) is 0 Å². The van der Waals surface area contributed by atoms with E-state index in [2.05, 4.69) is 9.72 Å². The molecule has 1 aromatic heterocycles. The van der Waals surface area contributed by atoms with Gasteiger partial charge >= 0.3 is 6.36 Å². The molecule has 0 amide bonds. The number of hydrogen-bond acceptors (Lipinski definition) is 4. The third-order valence-corrected chi connectivity index (χ3v) is 2.43. The zero-order valence-electron chi connectivity index (χ0n) is 8.14. The van der Waals surface area contributed by atoms with Crippen LogP contribution in [0.25, 0.3) is 0 Å². The molecule has 0 aliphatic heterocycles. The predicted molar refractivity (Wildman–Crippen MR) is 58.1 cm³/mol. The topological polar surface area (TPSA) is 57.4 Å². The van der Waals surface area contributed by atoms with Crippen molar-refractivity contribution >= 4 is 22.6 Å². The molecule has 1 heterocycles. The van der Waals surface area contributed by atoms with Crippen LogP contribution < -0.4 is 15.2 Å². The van der Waals surface area contributed by atoms with E-state index in [1.54, 1.807) is 22.6 Å². The van der Waals surface area contributed by atoms with Crippen LogP contribution in [0, 0.1) is 3.57 Å². The first-order chi connectivity index (χ1) is 7.39. The van der Waals surface area contributed by atoms with E-state index >= 15 is 0 Å². The maximum atomic E-state index is 12.1. The Hall–Kier alpha value is -0.770. The molecule has 90 valence electrons. The van der Waals surface area contributed by atoms with Crippen molar-refractivity contribution in [3.05, 3.63) is 15.3 Å². The summed E-state index contributed by atoms with van der Waals surface area (Å²) in [6, 6.07) is 0. The Morgan fingerprint density at radius 1 is 1.50 bits per heavy atom. The van der Waals surface area contributed by atoms with Crippen LogP contribution in [-0.4, -0.2) is 18.5 Å². The molecule has 0 saturated carbocycles. The highest BCUT2D eigenvalue weighted by Crippen LogP contribution is 2.34. The minimum atomic E-state index is -4.77. The van der Waals surface area contributed by atoms with Crippen molar-refractivity contribution in [1.82, 2.24) is 4.98 Å². The smallest absolute Gasteiger partial charge is 0.481 e. The fourth-order valence-corrected chi connectivity index (χ4v) is 1.65. The van der Waals surface area contributed by atoms with Crippen molar-refractivity contribution in [2.24, 2.45) is 5.73 Å². The lowest BCUT2D eigenvalue weighted by molar-refractivity contribution is -0.275. The highest BCUT2D eigenvalue weighted by atomic mass is 127. The Bertz CT molecular complexity index is 384. The van der Waals surface area contributed by atoms with Crippen molar-refractivity contribution in [3.8, 4) is 11.6 Å². The minimum absolute atomic E-state index is 0.0298. The molecule has 0 saturated heterocycles. The van der Waals surface area contributed by atoms with Crippen LogP contribution in [0.4, 0.5) is 13.2 Å². The van der Waals surface area contributed by atoms with E-state index in [0.29, 0.717) is 0 Å². The normalized spacial score (nSPS) is 11.4. The number of halogens is 4. The lowest BCUT2D eigenvalue weighted by Gasteiger charge is -2.15. The molecule has 16 heavy (non-hydrogen) atoms. The SMILES string of the molecule is COc1ncc(I)c(OC(F)(F)F)c1CN. The number of hydrogen-bond donors (Lipinski definition) is 1. The molecule has 0 aliphatic carbocycles. The Labute approximate surface area is 103 Å². The van der Waals surface area contributed by atoms with Gasteiger partial charge in [0.25, 0.3) is 0 Å². The van der Waals surface area contributed by atoms with E-state index in [0.717, 1.165) is 0 Å². The fourth-order valence-electron chi connectivity index (χ4n) is 1.08. The largest absolute Gasteiger partial charge is 0.573 e. The zero-order chi connectivity index (χ0) is 12.3. The van der Waals surface area contributed by atoms with Crippen LogP contribution in [0.2, 0.25) is 0 Å². The van der Waals surface area contributed by atoms with Crippen molar-refractivity contribution in [1.29, 1.82) is 0 Å². The summed E-state index contributed by atoms with van der Waals surface area (Å²) in [4.78, 5) is 3.80. The zero-order valence-corrected chi connectivity index (χ0v) is 10.3. The molecule has 0 aliphatic rings. The molecular formula is C8H8F3IN2O2. The van der Waals surface area contributed by atoms with Crippen LogP contribution in [-0.2, 0) is 6.54 Å². The third-order valence-electron chi connectivity index (χ3n) is 1.66. The molecule has 2 N–H and O–H groups in total. The average Bonchev–Trinajstić information content (AvgIpc) is 2.19. The second kappa shape index (κ2) is 5.04. The van der Waals surface area contributed by atoms with Crippen LogP contribution in [0.3, 0.4) is 0 Å². The summed E-state index contributed by atoms with van der Waals surface area (Å²) in [5.74, 6) is -0.329. The molecule has 0 spiro atoms. The summed E-state index contributed by atoms with van der Waals surface area (Å²) < 4.78 is 45.3. The van der Waals surface area contributed by atoms with Gasteiger partial charge < -0.3 is 15.2 Å². The molecular weight excluding hydrogens is 340 g/mol. The quantitative estimate of drug-likeness (QED) is 0.850. The fraction of sp³-hybridized carbons (Fsp3) is 0.375. The molecule has 1 rings (SSSR count). The molecule has 0 aromatic carbocycles. The lowest BCUT2D eigenvalue weighted by Crippen LogP contribution is -2.20. The molecule has 8 heteroatoms. The Balaban J connectivity index is 3.23. The average molecular weight is 348 g/mol. The molecule has 1 aromatic rings. The van der Waals surface area contributed by atoms with Gasteiger partial charge in [-0.25, -0.2) is 4.98 Å². The highest BCUT2D eigenvalue weighted by Gasteiger charge is 2.33. The molecule has 0 bridgehead atoms. The van der Waals surface area contributed by atoms with E-state index in [1.165, 1.54) is 13.3 Å². The van der Waals surface area contributed by atoms with Gasteiger partial charge in [0.15, 0.2) is 5.75 Å². The van der Waals surface area contributed by atoms with Gasteiger partial charge in [0.2, 0.25) is 5.88 Å². The van der Waals surface area contributed by atoms with Crippen LogP contribution in [0.1, 0.15) is 5.56 Å². The number of aromatic nitrogens is 1. The predicted octanol–water partition coefficient (Wildman–Crippen LogP) is 2.05. The number of nitrogens with zero attached hydrogens (tertiary/aromatic N) is 1. The standard InChI is InChI=1S/C8H8F3IN2O2/c1-15-7-4(2-13)6(5(12)3-14-7)16-8(9,10)11/h3H,2,13H2,1H3. The van der Waals surface area contributed by atoms with Crippen LogP contribution in [0.5, 0.6) is 11.6 Å². The molecule has 0 radical (unpaired) electrons. The second-order valence-electron chi connectivity index (χ2n) is 2.68. The lowest BCUT2D eigenvalue weighted by atomic mass is 10.2. The first-order valence-corrected chi connectivity index (χ1v) is 5.14. The van der Waals surface area contributed by atoms with E-state index in [4.69, 9.17) is 10.5 Å². The Morgan fingerprint density at radius 2 is 2.12 bits per heavy atom. The van der Waals surface area contributed by atoms with Crippen molar-refractivity contribution in [3.63, 3.8) is 0 Å². The summed E-state index contributed by atoms with van der Waals surface area (Å²) in [5, 5.41) is 0. The van der Waals surface area contributed by atoms with E-state index in [1.807, 2.05) is 0 Å². The van der Waals surface area contributed by atoms with Gasteiger partial charge in [-0.15, -0.1) is 13.2 Å². The van der Waals surface area contributed by atoms with Gasteiger partial charge in [0.1, 0.15) is 0 Å². The maximum Gasteiger partial charge on any atom is 0.573 e. The van der Waals surface area contributed by atoms with Gasteiger partial charge in [-0.3, -0.25) is 0 Å². The van der Waals surface area contributed by atoms with Crippen LogP contribution >= 0.6 is 22.6 Å². The summed E-state index contributed by atoms with van der Waals surface area (Å²) in [6.45, 7) is -0.154. The van der Waals surface area contributed by atoms with Gasteiger partial charge in [-0.05, 0) is 22.6 Å². The summed E-state index contributed by atoms with van der Waals surface area (Å²) >= 11 is 1.68. The van der Waals surface area contributed by atoms with E-state index in [-0.39, 0.29) is 27.3 Å². The van der Waals surface area contributed by atoms with Crippen LogP contribution in [0.15, 0.2) is 6.20 Å². The second-order valence-corrected chi connectivity index (χ2v) is 3.84. The number of alkyl halides is 3. The van der Waals surface area contributed by atoms with Crippen molar-refractivity contribution in [2.75, 3.05) is 7.11 Å². The van der Waals surface area contributed by atoms with Crippen molar-refractivity contribution in [2.45, 2.75) is 12.9 Å². The molecule has 0 unspecified atom stereocenters.